The molecule has 2 N–H and O–H groups in total. The monoisotopic (exact) mass is 451 g/mol. The van der Waals surface area contributed by atoms with E-state index < -0.39 is 11.6 Å². The molecule has 0 unspecified atom stereocenters. The van der Waals surface area contributed by atoms with Gasteiger partial charge in [-0.15, -0.1) is 0 Å². The van der Waals surface area contributed by atoms with Crippen molar-refractivity contribution in [1.29, 1.82) is 0 Å². The van der Waals surface area contributed by atoms with E-state index in [1.165, 1.54) is 19.2 Å². The van der Waals surface area contributed by atoms with Crippen LogP contribution < -0.4 is 10.1 Å². The minimum absolute atomic E-state index is 0.0749. The molecule has 0 aromatic heterocycles. The number of amides is 1. The molecule has 0 atom stereocenters. The van der Waals surface area contributed by atoms with Crippen molar-refractivity contribution >= 4 is 29.1 Å². The molecular weight excluding hydrogens is 435 g/mol. The molecular formula is C22H17Cl2F2NO3. The van der Waals surface area contributed by atoms with Crippen molar-refractivity contribution in [3.05, 3.63) is 81.3 Å². The molecule has 0 aliphatic carbocycles. The van der Waals surface area contributed by atoms with E-state index in [9.17, 15) is 18.7 Å². The lowest BCUT2D eigenvalue weighted by Gasteiger charge is -2.13. The fourth-order valence-corrected chi connectivity index (χ4v) is 3.47. The van der Waals surface area contributed by atoms with Gasteiger partial charge in [0.2, 0.25) is 0 Å². The van der Waals surface area contributed by atoms with Crippen LogP contribution in [0.15, 0.2) is 48.5 Å². The Morgan fingerprint density at radius 2 is 1.73 bits per heavy atom. The van der Waals surface area contributed by atoms with Crippen molar-refractivity contribution in [2.45, 2.75) is 6.42 Å². The zero-order valence-electron chi connectivity index (χ0n) is 15.8. The summed E-state index contributed by atoms with van der Waals surface area (Å²) in [6.45, 7) is -0.174. The number of phenolic OH excluding ortho intramolecular Hbond substituents is 1. The molecule has 30 heavy (non-hydrogen) atoms. The van der Waals surface area contributed by atoms with E-state index in [1.807, 2.05) is 0 Å². The maximum absolute atomic E-state index is 14.2. The van der Waals surface area contributed by atoms with Gasteiger partial charge in [0.15, 0.2) is 6.61 Å². The molecule has 4 nitrogen and oxygen atoms in total. The highest BCUT2D eigenvalue weighted by atomic mass is 35.5. The predicted octanol–water partition coefficient (Wildman–Crippen LogP) is 5.36. The molecule has 0 bridgehead atoms. The van der Waals surface area contributed by atoms with Crippen LogP contribution >= 0.6 is 23.2 Å². The summed E-state index contributed by atoms with van der Waals surface area (Å²) in [5.74, 6) is -1.58. The normalized spacial score (nSPS) is 10.7. The van der Waals surface area contributed by atoms with E-state index in [4.69, 9.17) is 27.9 Å². The maximum atomic E-state index is 14.2. The highest BCUT2D eigenvalue weighted by Gasteiger charge is 2.15. The molecule has 0 aliphatic rings. The zero-order chi connectivity index (χ0) is 21.8. The minimum Gasteiger partial charge on any atom is -0.507 e. The third kappa shape index (κ3) is 5.01. The van der Waals surface area contributed by atoms with E-state index in [-0.39, 0.29) is 29.4 Å². The Morgan fingerprint density at radius 1 is 1.03 bits per heavy atom. The van der Waals surface area contributed by atoms with E-state index in [0.717, 1.165) is 12.1 Å². The summed E-state index contributed by atoms with van der Waals surface area (Å²) in [6, 6.07) is 10.9. The number of carbonyl (C=O) groups excluding carboxylic acids is 1. The molecule has 156 valence electrons. The lowest BCUT2D eigenvalue weighted by atomic mass is 9.97. The van der Waals surface area contributed by atoms with Crippen LogP contribution in [0, 0.1) is 11.6 Å². The van der Waals surface area contributed by atoms with Gasteiger partial charge < -0.3 is 15.2 Å². The first-order valence-corrected chi connectivity index (χ1v) is 9.62. The number of benzene rings is 3. The molecule has 8 heteroatoms. The fraction of sp³-hybridized carbons (Fsp3) is 0.136. The van der Waals surface area contributed by atoms with Crippen LogP contribution in [-0.4, -0.2) is 24.7 Å². The predicted molar refractivity (Wildman–Crippen MR) is 112 cm³/mol. The summed E-state index contributed by atoms with van der Waals surface area (Å²) >= 11 is 12.7. The van der Waals surface area contributed by atoms with Crippen LogP contribution in [0.2, 0.25) is 10.0 Å². The van der Waals surface area contributed by atoms with E-state index in [0.29, 0.717) is 33.3 Å². The third-order valence-corrected chi connectivity index (χ3v) is 5.10. The first-order valence-electron chi connectivity index (χ1n) is 8.87. The molecule has 0 aliphatic heterocycles. The number of phenols is 1. The van der Waals surface area contributed by atoms with Crippen LogP contribution in [0.4, 0.5) is 8.78 Å². The molecule has 3 aromatic rings. The number of ether oxygens (including phenoxy) is 1. The van der Waals surface area contributed by atoms with Gasteiger partial charge >= 0.3 is 0 Å². The lowest BCUT2D eigenvalue weighted by molar-refractivity contribution is -0.122. The topological polar surface area (TPSA) is 58.6 Å². The fourth-order valence-electron chi connectivity index (χ4n) is 2.87. The van der Waals surface area contributed by atoms with Gasteiger partial charge in [-0.25, -0.2) is 8.78 Å². The lowest BCUT2D eigenvalue weighted by Crippen LogP contribution is -2.24. The largest absolute Gasteiger partial charge is 0.507 e. The number of carbonyl (C=O) groups is 1. The molecule has 0 heterocycles. The third-order valence-electron chi connectivity index (χ3n) is 4.43. The number of halogens is 4. The zero-order valence-corrected chi connectivity index (χ0v) is 17.3. The van der Waals surface area contributed by atoms with Gasteiger partial charge in [0.25, 0.3) is 5.91 Å². The highest BCUT2D eigenvalue weighted by Crippen LogP contribution is 2.36. The average Bonchev–Trinajstić information content (AvgIpc) is 2.70. The minimum atomic E-state index is -0.781. The summed E-state index contributed by atoms with van der Waals surface area (Å²) in [4.78, 5) is 11.3. The molecule has 0 radical (unpaired) electrons. The Hall–Kier alpha value is -2.83. The van der Waals surface area contributed by atoms with Crippen LogP contribution in [0.5, 0.6) is 11.5 Å². The van der Waals surface area contributed by atoms with Crippen molar-refractivity contribution < 1.29 is 23.4 Å². The number of hydrogen-bond acceptors (Lipinski definition) is 3. The summed E-state index contributed by atoms with van der Waals surface area (Å²) in [5, 5.41) is 13.3. The smallest absolute Gasteiger partial charge is 0.257 e. The first kappa shape index (κ1) is 21.9. The standard InChI is InChI=1S/C22H17Cl2F2NO3/c1-27-22(29)11-30-14-9-18(23)17(19(24)10-14)7-12-2-5-21(28)16(6-12)15-4-3-13(25)8-20(15)26/h2-6,8-10,28H,7,11H2,1H3,(H,27,29). The van der Waals surface area contributed by atoms with E-state index in [1.54, 1.807) is 24.3 Å². The second-order valence-electron chi connectivity index (χ2n) is 6.48. The van der Waals surface area contributed by atoms with Gasteiger partial charge in [-0.05, 0) is 47.5 Å². The molecule has 3 aromatic carbocycles. The van der Waals surface area contributed by atoms with Gasteiger partial charge in [-0.1, -0.05) is 29.3 Å². The summed E-state index contributed by atoms with van der Waals surface area (Å²) in [7, 11) is 1.50. The van der Waals surface area contributed by atoms with Crippen molar-refractivity contribution in [1.82, 2.24) is 5.32 Å². The first-order chi connectivity index (χ1) is 14.3. The second kappa shape index (κ2) is 9.32. The Morgan fingerprint density at radius 3 is 2.37 bits per heavy atom. The quantitative estimate of drug-likeness (QED) is 0.530. The molecule has 0 saturated carbocycles. The molecule has 0 fully saturated rings. The second-order valence-corrected chi connectivity index (χ2v) is 7.29. The van der Waals surface area contributed by atoms with E-state index in [2.05, 4.69) is 5.32 Å². The Bertz CT molecular complexity index is 1080. The number of nitrogens with one attached hydrogen (secondary N) is 1. The van der Waals surface area contributed by atoms with Crippen molar-refractivity contribution in [2.24, 2.45) is 0 Å². The number of likely N-dealkylation sites (N-methyl/N-ethyl adjacent to an activating group) is 1. The number of hydrogen-bond donors (Lipinski definition) is 2. The molecule has 3 rings (SSSR count). The van der Waals surface area contributed by atoms with Gasteiger partial charge in [-0.3, -0.25) is 4.79 Å². The number of rotatable bonds is 6. The Kier molecular flexibility index (Phi) is 6.80. The van der Waals surface area contributed by atoms with Crippen molar-refractivity contribution in [3.8, 4) is 22.6 Å². The summed E-state index contributed by atoms with van der Waals surface area (Å²) < 4.78 is 32.7. The Balaban J connectivity index is 1.89. The van der Waals surface area contributed by atoms with E-state index >= 15 is 0 Å². The molecule has 0 saturated heterocycles. The molecule has 0 spiro atoms. The Labute approximate surface area is 182 Å². The average molecular weight is 452 g/mol. The van der Waals surface area contributed by atoms with Crippen LogP contribution in [0.3, 0.4) is 0 Å². The van der Waals surface area contributed by atoms with Crippen molar-refractivity contribution in [2.75, 3.05) is 13.7 Å². The van der Waals surface area contributed by atoms with Gasteiger partial charge in [0.05, 0.1) is 0 Å². The highest BCUT2D eigenvalue weighted by molar-refractivity contribution is 6.36. The SMILES string of the molecule is CNC(=O)COc1cc(Cl)c(Cc2ccc(O)c(-c3ccc(F)cc3F)c2)c(Cl)c1. The van der Waals surface area contributed by atoms with Crippen LogP contribution in [0.1, 0.15) is 11.1 Å². The van der Waals surface area contributed by atoms with Gasteiger partial charge in [0.1, 0.15) is 23.1 Å². The van der Waals surface area contributed by atoms with Crippen LogP contribution in [-0.2, 0) is 11.2 Å². The van der Waals surface area contributed by atoms with Crippen molar-refractivity contribution in [3.63, 3.8) is 0 Å². The molecule has 1 amide bonds. The number of aromatic hydroxyl groups is 1. The van der Waals surface area contributed by atoms with Crippen LogP contribution in [0.25, 0.3) is 11.1 Å². The van der Waals surface area contributed by atoms with Gasteiger partial charge in [0, 0.05) is 40.7 Å². The summed E-state index contributed by atoms with van der Waals surface area (Å²) in [6.07, 6.45) is 0.295. The summed E-state index contributed by atoms with van der Waals surface area (Å²) in [5.41, 5.74) is 1.60. The maximum Gasteiger partial charge on any atom is 0.257 e. The van der Waals surface area contributed by atoms with Gasteiger partial charge in [-0.2, -0.15) is 0 Å².